The number of halogens is 1. The molecule has 0 spiro atoms. The van der Waals surface area contributed by atoms with Crippen LogP contribution >= 0.6 is 11.6 Å². The highest BCUT2D eigenvalue weighted by atomic mass is 35.5. The lowest BCUT2D eigenvalue weighted by Gasteiger charge is -2.08. The number of nitrogens with zero attached hydrogens (tertiary/aromatic N) is 3. The summed E-state index contributed by atoms with van der Waals surface area (Å²) in [6.45, 7) is 0.240. The number of hydrogen-bond donors (Lipinski definition) is 1. The maximum absolute atomic E-state index is 12.1. The zero-order valence-electron chi connectivity index (χ0n) is 11.2. The Bertz CT molecular complexity index is 793. The number of benzene rings is 1. The molecule has 0 atom stereocenters. The van der Waals surface area contributed by atoms with E-state index in [-0.39, 0.29) is 16.5 Å². The summed E-state index contributed by atoms with van der Waals surface area (Å²) in [4.78, 5) is -0.0330. The Labute approximate surface area is 128 Å². The lowest BCUT2D eigenvalue weighted by atomic mass is 10.2. The summed E-state index contributed by atoms with van der Waals surface area (Å²) in [5.74, 6) is 0. The molecule has 1 N–H and O–H groups in total. The van der Waals surface area contributed by atoms with Crippen molar-refractivity contribution in [1.82, 2.24) is 14.5 Å². The minimum atomic E-state index is -3.70. The van der Waals surface area contributed by atoms with E-state index in [1.54, 1.807) is 17.9 Å². The quantitative estimate of drug-likeness (QED) is 0.902. The van der Waals surface area contributed by atoms with E-state index in [9.17, 15) is 8.42 Å². The number of nitrogens with one attached hydrogen (secondary N) is 1. The molecule has 0 bridgehead atoms. The first-order valence-corrected chi connectivity index (χ1v) is 7.95. The summed E-state index contributed by atoms with van der Waals surface area (Å²) in [5, 5.41) is 12.8. The van der Waals surface area contributed by atoms with Crippen molar-refractivity contribution in [3.63, 3.8) is 0 Å². The van der Waals surface area contributed by atoms with Crippen LogP contribution in [0.5, 0.6) is 0 Å². The van der Waals surface area contributed by atoms with Crippen LogP contribution in [-0.2, 0) is 23.5 Å². The predicted octanol–water partition coefficient (Wildman–Crippen LogP) is 1.47. The number of hydrogen-bond acceptors (Lipinski definition) is 4. The van der Waals surface area contributed by atoms with Gasteiger partial charge < -0.3 is 0 Å². The maximum atomic E-state index is 12.1. The van der Waals surface area contributed by atoms with E-state index in [4.69, 9.17) is 16.9 Å². The second-order valence-corrected chi connectivity index (χ2v) is 6.57. The maximum Gasteiger partial charge on any atom is 0.242 e. The molecule has 0 aliphatic rings. The van der Waals surface area contributed by atoms with E-state index in [0.29, 0.717) is 12.0 Å². The van der Waals surface area contributed by atoms with E-state index < -0.39 is 10.0 Å². The highest BCUT2D eigenvalue weighted by Crippen LogP contribution is 2.22. The molecule has 0 saturated carbocycles. The molecular formula is C13H13ClN4O2S. The van der Waals surface area contributed by atoms with Crippen molar-refractivity contribution in [3.8, 4) is 6.07 Å². The van der Waals surface area contributed by atoms with Gasteiger partial charge in [0.15, 0.2) is 0 Å². The molecule has 6 nitrogen and oxygen atoms in total. The first-order valence-electron chi connectivity index (χ1n) is 6.09. The van der Waals surface area contributed by atoms with Crippen molar-refractivity contribution in [1.29, 1.82) is 5.26 Å². The number of rotatable bonds is 5. The van der Waals surface area contributed by atoms with Crippen LogP contribution in [0, 0.1) is 11.3 Å². The van der Waals surface area contributed by atoms with Crippen LogP contribution in [0.3, 0.4) is 0 Å². The standard InChI is InChI=1S/C13H13ClN4O2S/c1-18-9-11(8-16-18)4-5-17-21(19,20)13-3-2-10(7-15)6-12(13)14/h2-3,6,8-9,17H,4-5H2,1H3. The van der Waals surface area contributed by atoms with Gasteiger partial charge in [-0.25, -0.2) is 13.1 Å². The van der Waals surface area contributed by atoms with Gasteiger partial charge >= 0.3 is 0 Å². The Hall–Kier alpha value is -1.88. The molecular weight excluding hydrogens is 312 g/mol. The van der Waals surface area contributed by atoms with Gasteiger partial charge in [-0.05, 0) is 30.2 Å². The van der Waals surface area contributed by atoms with Gasteiger partial charge in [-0.2, -0.15) is 10.4 Å². The normalized spacial score (nSPS) is 11.3. The molecule has 0 fully saturated rings. The third-order valence-electron chi connectivity index (χ3n) is 2.81. The van der Waals surface area contributed by atoms with Gasteiger partial charge in [0.25, 0.3) is 0 Å². The second kappa shape index (κ2) is 6.26. The average Bonchev–Trinajstić information content (AvgIpc) is 2.83. The van der Waals surface area contributed by atoms with E-state index >= 15 is 0 Å². The Morgan fingerprint density at radius 2 is 2.24 bits per heavy atom. The highest BCUT2D eigenvalue weighted by Gasteiger charge is 2.17. The fraction of sp³-hybridized carbons (Fsp3) is 0.231. The summed E-state index contributed by atoms with van der Waals surface area (Å²) >= 11 is 5.91. The van der Waals surface area contributed by atoms with Crippen LogP contribution in [0.1, 0.15) is 11.1 Å². The van der Waals surface area contributed by atoms with Crippen molar-refractivity contribution < 1.29 is 8.42 Å². The van der Waals surface area contributed by atoms with E-state index in [2.05, 4.69) is 9.82 Å². The monoisotopic (exact) mass is 324 g/mol. The first kappa shape index (κ1) is 15.5. The van der Waals surface area contributed by atoms with Crippen molar-refractivity contribution in [2.75, 3.05) is 6.54 Å². The highest BCUT2D eigenvalue weighted by molar-refractivity contribution is 7.89. The Kier molecular flexibility index (Phi) is 4.63. The smallest absolute Gasteiger partial charge is 0.242 e. The largest absolute Gasteiger partial charge is 0.276 e. The zero-order chi connectivity index (χ0) is 15.5. The lowest BCUT2D eigenvalue weighted by molar-refractivity contribution is 0.581. The molecule has 2 rings (SSSR count). The third kappa shape index (κ3) is 3.82. The SMILES string of the molecule is Cn1cc(CCNS(=O)(=O)c2ccc(C#N)cc2Cl)cn1. The minimum Gasteiger partial charge on any atom is -0.276 e. The molecule has 1 heterocycles. The van der Waals surface area contributed by atoms with Crippen molar-refractivity contribution in [3.05, 3.63) is 46.7 Å². The predicted molar refractivity (Wildman–Crippen MR) is 78.3 cm³/mol. The molecule has 0 saturated heterocycles. The van der Waals surface area contributed by atoms with Crippen LogP contribution in [-0.4, -0.2) is 24.7 Å². The number of aryl methyl sites for hydroxylation is 1. The van der Waals surface area contributed by atoms with Crippen LogP contribution in [0.25, 0.3) is 0 Å². The third-order valence-corrected chi connectivity index (χ3v) is 4.76. The number of sulfonamides is 1. The van der Waals surface area contributed by atoms with Gasteiger partial charge in [-0.1, -0.05) is 11.6 Å². The molecule has 0 unspecified atom stereocenters. The summed E-state index contributed by atoms with van der Waals surface area (Å²) in [5.41, 5.74) is 1.25. The van der Waals surface area contributed by atoms with Crippen molar-refractivity contribution in [2.45, 2.75) is 11.3 Å². The lowest BCUT2D eigenvalue weighted by Crippen LogP contribution is -2.26. The topological polar surface area (TPSA) is 87.8 Å². The van der Waals surface area contributed by atoms with E-state index in [1.807, 2.05) is 12.3 Å². The van der Waals surface area contributed by atoms with E-state index in [0.717, 1.165) is 5.56 Å². The van der Waals surface area contributed by atoms with Gasteiger partial charge in [0.05, 0.1) is 22.9 Å². The Balaban J connectivity index is 2.06. The molecule has 2 aromatic rings. The fourth-order valence-corrected chi connectivity index (χ4v) is 3.37. The molecule has 1 aromatic heterocycles. The molecule has 0 aliphatic carbocycles. The summed E-state index contributed by atoms with van der Waals surface area (Å²) < 4.78 is 28.4. The zero-order valence-corrected chi connectivity index (χ0v) is 12.8. The summed E-state index contributed by atoms with van der Waals surface area (Å²) in [7, 11) is -1.90. The molecule has 21 heavy (non-hydrogen) atoms. The van der Waals surface area contributed by atoms with Crippen LogP contribution in [0.15, 0.2) is 35.5 Å². The number of aromatic nitrogens is 2. The number of nitriles is 1. The summed E-state index contributed by atoms with van der Waals surface area (Å²) in [6, 6.07) is 5.98. The van der Waals surface area contributed by atoms with Gasteiger partial charge in [-0.3, -0.25) is 4.68 Å². The van der Waals surface area contributed by atoms with Gasteiger partial charge in [0, 0.05) is 19.8 Å². The molecule has 0 aliphatic heterocycles. The fourth-order valence-electron chi connectivity index (χ4n) is 1.80. The first-order chi connectivity index (χ1) is 9.92. The average molecular weight is 325 g/mol. The van der Waals surface area contributed by atoms with Gasteiger partial charge in [0.2, 0.25) is 10.0 Å². The molecule has 8 heteroatoms. The van der Waals surface area contributed by atoms with Crippen LogP contribution in [0.4, 0.5) is 0 Å². The van der Waals surface area contributed by atoms with Gasteiger partial charge in [0.1, 0.15) is 4.90 Å². The van der Waals surface area contributed by atoms with Crippen molar-refractivity contribution >= 4 is 21.6 Å². The van der Waals surface area contributed by atoms with Crippen LogP contribution in [0.2, 0.25) is 5.02 Å². The Morgan fingerprint density at radius 3 is 2.81 bits per heavy atom. The summed E-state index contributed by atoms with van der Waals surface area (Å²) in [6.07, 6.45) is 4.03. The Morgan fingerprint density at radius 1 is 1.48 bits per heavy atom. The minimum absolute atomic E-state index is 0.0305. The molecule has 1 aromatic carbocycles. The molecule has 0 amide bonds. The molecule has 0 radical (unpaired) electrons. The molecule has 110 valence electrons. The van der Waals surface area contributed by atoms with Crippen molar-refractivity contribution in [2.24, 2.45) is 7.05 Å². The van der Waals surface area contributed by atoms with E-state index in [1.165, 1.54) is 18.2 Å². The second-order valence-electron chi connectivity index (χ2n) is 4.43. The van der Waals surface area contributed by atoms with Gasteiger partial charge in [-0.15, -0.1) is 0 Å². The van der Waals surface area contributed by atoms with Crippen LogP contribution < -0.4 is 4.72 Å².